The van der Waals surface area contributed by atoms with E-state index in [4.69, 9.17) is 0 Å². The van der Waals surface area contributed by atoms with Crippen LogP contribution in [0, 0.1) is 0 Å². The summed E-state index contributed by atoms with van der Waals surface area (Å²) in [7, 11) is 0. The highest BCUT2D eigenvalue weighted by atomic mass is 16.4. The Balaban J connectivity index is 2.75. The van der Waals surface area contributed by atoms with Crippen LogP contribution in [0.4, 0.5) is 0 Å². The largest absolute Gasteiger partial charge is 0.550 e. The molecule has 14 heavy (non-hydrogen) atoms. The van der Waals surface area contributed by atoms with E-state index in [1.165, 1.54) is 0 Å². The van der Waals surface area contributed by atoms with Crippen LogP contribution >= 0.6 is 0 Å². The summed E-state index contributed by atoms with van der Waals surface area (Å²) < 4.78 is 4.09. The highest BCUT2D eigenvalue weighted by Gasteiger charge is 2.12. The van der Waals surface area contributed by atoms with Gasteiger partial charge in [0.25, 0.3) is 5.82 Å². The number of aliphatic carboxylic acids is 1. The SMILES string of the molecule is CCc1n(CC)cc[n+]1CCC(=O)[O-]. The smallest absolute Gasteiger partial charge is 0.256 e. The number of nitrogens with zero attached hydrogens (tertiary/aromatic N) is 2. The zero-order valence-corrected chi connectivity index (χ0v) is 8.69. The van der Waals surface area contributed by atoms with Gasteiger partial charge in [-0.15, -0.1) is 0 Å². The van der Waals surface area contributed by atoms with E-state index < -0.39 is 5.97 Å². The van der Waals surface area contributed by atoms with E-state index in [1.54, 1.807) is 0 Å². The first-order valence-corrected chi connectivity index (χ1v) is 4.96. The second kappa shape index (κ2) is 4.79. The van der Waals surface area contributed by atoms with Crippen molar-refractivity contribution in [3.05, 3.63) is 18.2 Å². The van der Waals surface area contributed by atoms with Crippen molar-refractivity contribution in [2.24, 2.45) is 0 Å². The lowest BCUT2D eigenvalue weighted by atomic mass is 10.4. The molecular formula is C10H16N2O2. The lowest BCUT2D eigenvalue weighted by Crippen LogP contribution is -2.39. The average Bonchev–Trinajstić information content (AvgIpc) is 2.56. The molecule has 1 rings (SSSR count). The number of imidazole rings is 1. The van der Waals surface area contributed by atoms with Crippen LogP contribution in [-0.2, 0) is 24.3 Å². The summed E-state index contributed by atoms with van der Waals surface area (Å²) in [6.07, 6.45) is 4.89. The highest BCUT2D eigenvalue weighted by molar-refractivity contribution is 5.63. The lowest BCUT2D eigenvalue weighted by molar-refractivity contribution is -0.703. The number of carboxylic acids is 1. The standard InChI is InChI=1S/C10H16N2O2/c1-3-9-11(4-2)7-8-12(9)6-5-10(13)14/h7-8H,3-6H2,1-2H3. The topological polar surface area (TPSA) is 48.9 Å². The Kier molecular flexibility index (Phi) is 3.68. The van der Waals surface area contributed by atoms with Gasteiger partial charge in [0.05, 0.1) is 13.1 Å². The summed E-state index contributed by atoms with van der Waals surface area (Å²) in [6, 6.07) is 0. The molecule has 0 bridgehead atoms. The highest BCUT2D eigenvalue weighted by Crippen LogP contribution is 1.96. The number of hydrogen-bond acceptors (Lipinski definition) is 2. The van der Waals surface area contributed by atoms with Crippen molar-refractivity contribution in [2.45, 2.75) is 39.8 Å². The third-order valence-electron chi connectivity index (χ3n) is 2.30. The minimum atomic E-state index is -0.996. The maximum Gasteiger partial charge on any atom is 0.256 e. The molecule has 0 aromatic carbocycles. The summed E-state index contributed by atoms with van der Waals surface area (Å²) in [6.45, 7) is 5.55. The Morgan fingerprint density at radius 3 is 2.79 bits per heavy atom. The zero-order valence-electron chi connectivity index (χ0n) is 8.69. The average molecular weight is 196 g/mol. The van der Waals surface area contributed by atoms with Gasteiger partial charge in [-0.1, -0.05) is 6.92 Å². The van der Waals surface area contributed by atoms with Gasteiger partial charge in [0, 0.05) is 18.8 Å². The van der Waals surface area contributed by atoms with Crippen LogP contribution in [0.5, 0.6) is 0 Å². The Bertz CT molecular complexity index is 318. The van der Waals surface area contributed by atoms with E-state index in [1.807, 2.05) is 17.0 Å². The van der Waals surface area contributed by atoms with Crippen LogP contribution in [0.3, 0.4) is 0 Å². The molecule has 0 aliphatic carbocycles. The zero-order chi connectivity index (χ0) is 10.6. The molecule has 1 aromatic rings. The maximum atomic E-state index is 10.3. The van der Waals surface area contributed by atoms with Crippen LogP contribution in [-0.4, -0.2) is 10.5 Å². The fourth-order valence-corrected chi connectivity index (χ4v) is 1.61. The molecule has 4 heteroatoms. The van der Waals surface area contributed by atoms with E-state index in [-0.39, 0.29) is 6.42 Å². The molecule has 0 atom stereocenters. The molecule has 0 spiro atoms. The fraction of sp³-hybridized carbons (Fsp3) is 0.600. The number of carboxylic acid groups (broad SMARTS) is 1. The Labute approximate surface area is 83.8 Å². The molecular weight excluding hydrogens is 180 g/mol. The molecule has 1 aromatic heterocycles. The first kappa shape index (κ1) is 10.8. The van der Waals surface area contributed by atoms with E-state index in [0.717, 1.165) is 18.8 Å². The maximum absolute atomic E-state index is 10.3. The number of aryl methyl sites for hydroxylation is 2. The summed E-state index contributed by atoms with van der Waals surface area (Å²) >= 11 is 0. The summed E-state index contributed by atoms with van der Waals surface area (Å²) in [5, 5.41) is 10.3. The van der Waals surface area contributed by atoms with Gasteiger partial charge in [0.15, 0.2) is 0 Å². The van der Waals surface area contributed by atoms with Crippen LogP contribution in [0.2, 0.25) is 0 Å². The van der Waals surface area contributed by atoms with Crippen molar-refractivity contribution in [1.82, 2.24) is 4.57 Å². The first-order valence-electron chi connectivity index (χ1n) is 4.96. The van der Waals surface area contributed by atoms with Gasteiger partial charge in [-0.2, -0.15) is 0 Å². The Morgan fingerprint density at radius 1 is 1.57 bits per heavy atom. The van der Waals surface area contributed by atoms with Crippen LogP contribution in [0.1, 0.15) is 26.1 Å². The molecule has 0 saturated carbocycles. The van der Waals surface area contributed by atoms with E-state index >= 15 is 0 Å². The van der Waals surface area contributed by atoms with Crippen molar-refractivity contribution < 1.29 is 14.5 Å². The van der Waals surface area contributed by atoms with Crippen LogP contribution in [0.25, 0.3) is 0 Å². The third kappa shape index (κ3) is 2.34. The number of rotatable bonds is 5. The number of hydrogen-bond donors (Lipinski definition) is 0. The molecule has 0 N–H and O–H groups in total. The van der Waals surface area contributed by atoms with E-state index in [9.17, 15) is 9.90 Å². The second-order valence-corrected chi connectivity index (χ2v) is 3.17. The van der Waals surface area contributed by atoms with Gasteiger partial charge in [-0.25, -0.2) is 9.13 Å². The molecule has 78 valence electrons. The minimum Gasteiger partial charge on any atom is -0.550 e. The van der Waals surface area contributed by atoms with Gasteiger partial charge < -0.3 is 9.90 Å². The van der Waals surface area contributed by atoms with Crippen LogP contribution in [0.15, 0.2) is 12.4 Å². The van der Waals surface area contributed by atoms with E-state index in [2.05, 4.69) is 18.4 Å². The Hall–Kier alpha value is -1.32. The quantitative estimate of drug-likeness (QED) is 0.596. The van der Waals surface area contributed by atoms with E-state index in [0.29, 0.717) is 6.54 Å². The predicted octanol–water partition coefficient (Wildman–Crippen LogP) is -0.502. The van der Waals surface area contributed by atoms with Crippen molar-refractivity contribution in [3.63, 3.8) is 0 Å². The van der Waals surface area contributed by atoms with Gasteiger partial charge >= 0.3 is 0 Å². The number of carbonyl (C=O) groups is 1. The van der Waals surface area contributed by atoms with Gasteiger partial charge in [-0.3, -0.25) is 0 Å². The van der Waals surface area contributed by atoms with Gasteiger partial charge in [-0.05, 0) is 6.92 Å². The van der Waals surface area contributed by atoms with Crippen molar-refractivity contribution in [3.8, 4) is 0 Å². The number of aromatic nitrogens is 2. The minimum absolute atomic E-state index is 0.0748. The summed E-state index contributed by atoms with van der Waals surface area (Å²) in [5.41, 5.74) is 0. The summed E-state index contributed by atoms with van der Waals surface area (Å²) in [5.74, 6) is 0.164. The molecule has 0 aliphatic rings. The number of carbonyl (C=O) groups excluding carboxylic acids is 1. The molecule has 4 nitrogen and oxygen atoms in total. The fourth-order valence-electron chi connectivity index (χ4n) is 1.61. The van der Waals surface area contributed by atoms with Gasteiger partial charge in [0.1, 0.15) is 12.4 Å². The lowest BCUT2D eigenvalue weighted by Gasteiger charge is -2.02. The monoisotopic (exact) mass is 196 g/mol. The van der Waals surface area contributed by atoms with Gasteiger partial charge in [0.2, 0.25) is 0 Å². The van der Waals surface area contributed by atoms with Crippen LogP contribution < -0.4 is 9.67 Å². The molecule has 1 heterocycles. The molecule has 0 aliphatic heterocycles. The third-order valence-corrected chi connectivity index (χ3v) is 2.30. The van der Waals surface area contributed by atoms with Crippen molar-refractivity contribution in [2.75, 3.05) is 0 Å². The van der Waals surface area contributed by atoms with Crippen molar-refractivity contribution >= 4 is 5.97 Å². The molecule has 0 radical (unpaired) electrons. The molecule has 0 unspecified atom stereocenters. The normalized spacial score (nSPS) is 10.4. The molecule has 0 saturated heterocycles. The molecule has 0 amide bonds. The Morgan fingerprint density at radius 2 is 2.29 bits per heavy atom. The predicted molar refractivity (Wildman–Crippen MR) is 49.3 cm³/mol. The molecule has 0 fully saturated rings. The second-order valence-electron chi connectivity index (χ2n) is 3.17. The first-order chi connectivity index (χ1) is 6.69. The van der Waals surface area contributed by atoms with Crippen molar-refractivity contribution in [1.29, 1.82) is 0 Å². The summed E-state index contributed by atoms with van der Waals surface area (Å²) in [4.78, 5) is 10.3.